The zero-order valence-electron chi connectivity index (χ0n) is 13.4. The lowest BCUT2D eigenvalue weighted by Gasteiger charge is -2.15. The normalized spacial score (nSPS) is 10.6. The SMILES string of the molecule is CCCCc1cccc([B]c2ccccc2)c1CCCC. The van der Waals surface area contributed by atoms with E-state index in [9.17, 15) is 0 Å². The molecule has 0 spiro atoms. The van der Waals surface area contributed by atoms with Gasteiger partial charge in [0.1, 0.15) is 0 Å². The van der Waals surface area contributed by atoms with Gasteiger partial charge in [0.05, 0.1) is 0 Å². The van der Waals surface area contributed by atoms with Crippen molar-refractivity contribution in [3.63, 3.8) is 0 Å². The fourth-order valence-electron chi connectivity index (χ4n) is 2.78. The first kappa shape index (κ1) is 15.9. The number of unbranched alkanes of at least 4 members (excludes halogenated alkanes) is 2. The molecule has 21 heavy (non-hydrogen) atoms. The highest BCUT2D eigenvalue weighted by molar-refractivity contribution is 6.67. The maximum atomic E-state index is 2.33. The van der Waals surface area contributed by atoms with Crippen molar-refractivity contribution >= 4 is 18.2 Å². The van der Waals surface area contributed by atoms with E-state index in [1.54, 1.807) is 11.1 Å². The van der Waals surface area contributed by atoms with E-state index < -0.39 is 0 Å². The smallest absolute Gasteiger partial charge is 0.0814 e. The van der Waals surface area contributed by atoms with Gasteiger partial charge in [0.2, 0.25) is 0 Å². The highest BCUT2D eigenvalue weighted by Crippen LogP contribution is 2.13. The Morgan fingerprint density at radius 1 is 0.762 bits per heavy atom. The quantitative estimate of drug-likeness (QED) is 0.639. The van der Waals surface area contributed by atoms with Crippen LogP contribution < -0.4 is 10.9 Å². The Labute approximate surface area is 130 Å². The molecule has 0 fully saturated rings. The van der Waals surface area contributed by atoms with Crippen molar-refractivity contribution in [2.75, 3.05) is 0 Å². The third kappa shape index (κ3) is 4.77. The Morgan fingerprint density at radius 2 is 1.48 bits per heavy atom. The molecule has 0 nitrogen and oxygen atoms in total. The Bertz CT molecular complexity index is 531. The summed E-state index contributed by atoms with van der Waals surface area (Å²) in [5, 5.41) is 0. The molecule has 0 amide bonds. The van der Waals surface area contributed by atoms with Crippen LogP contribution >= 0.6 is 0 Å². The first-order valence-electron chi connectivity index (χ1n) is 8.35. The van der Waals surface area contributed by atoms with Crippen molar-refractivity contribution < 1.29 is 0 Å². The lowest BCUT2D eigenvalue weighted by molar-refractivity contribution is 0.760. The summed E-state index contributed by atoms with van der Waals surface area (Å²) in [6.45, 7) is 4.54. The van der Waals surface area contributed by atoms with E-state index in [4.69, 9.17) is 0 Å². The van der Waals surface area contributed by atoms with Crippen LogP contribution in [0.1, 0.15) is 50.7 Å². The van der Waals surface area contributed by atoms with Crippen molar-refractivity contribution in [2.45, 2.75) is 52.4 Å². The van der Waals surface area contributed by atoms with E-state index >= 15 is 0 Å². The Hall–Kier alpha value is -1.50. The molecule has 0 saturated heterocycles. The molecule has 2 rings (SSSR count). The molecule has 2 aromatic carbocycles. The second-order valence-electron chi connectivity index (χ2n) is 5.75. The van der Waals surface area contributed by atoms with Gasteiger partial charge < -0.3 is 0 Å². The monoisotopic (exact) mass is 277 g/mol. The van der Waals surface area contributed by atoms with Crippen LogP contribution in [-0.4, -0.2) is 7.28 Å². The fourth-order valence-corrected chi connectivity index (χ4v) is 2.78. The molecule has 0 atom stereocenters. The van der Waals surface area contributed by atoms with Crippen molar-refractivity contribution in [1.29, 1.82) is 0 Å². The minimum Gasteiger partial charge on any atom is -0.0814 e. The molecule has 109 valence electrons. The molecule has 1 radical (unpaired) electrons. The van der Waals surface area contributed by atoms with E-state index in [2.05, 4.69) is 69.7 Å². The van der Waals surface area contributed by atoms with Gasteiger partial charge in [-0.1, -0.05) is 91.7 Å². The van der Waals surface area contributed by atoms with E-state index in [1.165, 1.54) is 49.5 Å². The number of aryl methyl sites for hydroxylation is 1. The second-order valence-corrected chi connectivity index (χ2v) is 5.75. The topological polar surface area (TPSA) is 0 Å². The Morgan fingerprint density at radius 3 is 2.19 bits per heavy atom. The molecule has 0 unspecified atom stereocenters. The molecular formula is C20H26B. The van der Waals surface area contributed by atoms with Gasteiger partial charge in [0.15, 0.2) is 7.28 Å². The van der Waals surface area contributed by atoms with Crippen LogP contribution in [0.15, 0.2) is 48.5 Å². The van der Waals surface area contributed by atoms with Crippen LogP contribution in [0, 0.1) is 0 Å². The summed E-state index contributed by atoms with van der Waals surface area (Å²) >= 11 is 0. The van der Waals surface area contributed by atoms with Crippen LogP contribution in [0.4, 0.5) is 0 Å². The molecule has 2 aromatic rings. The van der Waals surface area contributed by atoms with E-state index in [0.717, 1.165) is 0 Å². The minimum absolute atomic E-state index is 1.20. The third-order valence-electron chi connectivity index (χ3n) is 4.01. The average molecular weight is 277 g/mol. The van der Waals surface area contributed by atoms with Crippen LogP contribution in [-0.2, 0) is 12.8 Å². The summed E-state index contributed by atoms with van der Waals surface area (Å²) in [5.41, 5.74) is 5.82. The van der Waals surface area contributed by atoms with Gasteiger partial charge >= 0.3 is 0 Å². The van der Waals surface area contributed by atoms with Gasteiger partial charge in [0, 0.05) is 0 Å². The standard InChI is InChI=1S/C20H26B/c1-3-5-11-17-12-10-16-20(19(17)15-6-4-2)21-18-13-8-7-9-14-18/h7-10,12-14,16H,3-6,11,15H2,1-2H3. The average Bonchev–Trinajstić information content (AvgIpc) is 2.53. The van der Waals surface area contributed by atoms with E-state index in [0.29, 0.717) is 0 Å². The molecule has 0 N–H and O–H groups in total. The summed E-state index contributed by atoms with van der Waals surface area (Å²) in [5.74, 6) is 0. The van der Waals surface area contributed by atoms with Gasteiger partial charge in [0.25, 0.3) is 0 Å². The van der Waals surface area contributed by atoms with Crippen LogP contribution in [0.25, 0.3) is 0 Å². The summed E-state index contributed by atoms with van der Waals surface area (Å²) in [6.07, 6.45) is 7.50. The van der Waals surface area contributed by atoms with Gasteiger partial charge in [-0.05, 0) is 31.2 Å². The van der Waals surface area contributed by atoms with Crippen molar-refractivity contribution in [3.8, 4) is 0 Å². The number of benzene rings is 2. The zero-order valence-corrected chi connectivity index (χ0v) is 13.4. The van der Waals surface area contributed by atoms with Crippen molar-refractivity contribution in [1.82, 2.24) is 0 Å². The summed E-state index contributed by atoms with van der Waals surface area (Å²) in [6, 6.07) is 17.5. The first-order valence-corrected chi connectivity index (χ1v) is 8.35. The van der Waals surface area contributed by atoms with Crippen LogP contribution in [0.5, 0.6) is 0 Å². The summed E-state index contributed by atoms with van der Waals surface area (Å²) in [7, 11) is 2.33. The predicted molar refractivity (Wildman–Crippen MR) is 95.1 cm³/mol. The van der Waals surface area contributed by atoms with Crippen LogP contribution in [0.2, 0.25) is 0 Å². The van der Waals surface area contributed by atoms with Gasteiger partial charge in [-0.2, -0.15) is 0 Å². The molecule has 0 aliphatic carbocycles. The fraction of sp³-hybridized carbons (Fsp3) is 0.400. The zero-order chi connectivity index (χ0) is 14.9. The molecule has 0 heterocycles. The lowest BCUT2D eigenvalue weighted by atomic mass is 9.61. The molecule has 0 saturated carbocycles. The van der Waals surface area contributed by atoms with Crippen molar-refractivity contribution in [2.24, 2.45) is 0 Å². The second kappa shape index (κ2) is 8.72. The third-order valence-corrected chi connectivity index (χ3v) is 4.01. The highest BCUT2D eigenvalue weighted by atomic mass is 14.1. The largest absolute Gasteiger partial charge is 0.191 e. The molecular weight excluding hydrogens is 251 g/mol. The summed E-state index contributed by atoms with van der Waals surface area (Å²) in [4.78, 5) is 0. The molecule has 1 heteroatoms. The van der Waals surface area contributed by atoms with Crippen LogP contribution in [0.3, 0.4) is 0 Å². The van der Waals surface area contributed by atoms with E-state index in [1.807, 2.05) is 0 Å². The first-order chi connectivity index (χ1) is 10.3. The maximum Gasteiger partial charge on any atom is 0.191 e. The van der Waals surface area contributed by atoms with Gasteiger partial charge in [-0.15, -0.1) is 0 Å². The Balaban J connectivity index is 2.25. The number of rotatable bonds is 8. The minimum atomic E-state index is 1.20. The summed E-state index contributed by atoms with van der Waals surface area (Å²) < 4.78 is 0. The van der Waals surface area contributed by atoms with Gasteiger partial charge in [-0.25, -0.2) is 0 Å². The molecule has 0 aliphatic rings. The molecule has 0 aliphatic heterocycles. The van der Waals surface area contributed by atoms with Gasteiger partial charge in [-0.3, -0.25) is 0 Å². The highest BCUT2D eigenvalue weighted by Gasteiger charge is 2.09. The molecule has 0 bridgehead atoms. The van der Waals surface area contributed by atoms with Crippen molar-refractivity contribution in [3.05, 3.63) is 59.7 Å². The number of hydrogen-bond acceptors (Lipinski definition) is 0. The Kier molecular flexibility index (Phi) is 6.59. The molecule has 0 aromatic heterocycles. The maximum absolute atomic E-state index is 2.33. The lowest BCUT2D eigenvalue weighted by Crippen LogP contribution is -2.30. The van der Waals surface area contributed by atoms with E-state index in [-0.39, 0.29) is 0 Å². The number of hydrogen-bond donors (Lipinski definition) is 0. The predicted octanol–water partition coefficient (Wildman–Crippen LogP) is 4.03.